The lowest BCUT2D eigenvalue weighted by molar-refractivity contribution is 0.441. The first kappa shape index (κ1) is 25.9. The predicted molar refractivity (Wildman–Crippen MR) is 163 cm³/mol. The number of phenols is 3. The van der Waals surface area contributed by atoms with Crippen molar-refractivity contribution >= 4 is 26.6 Å². The zero-order valence-corrected chi connectivity index (χ0v) is 21.7. The second-order valence-corrected chi connectivity index (χ2v) is 9.47. The molecule has 0 unspecified atom stereocenters. The van der Waals surface area contributed by atoms with Crippen LogP contribution in [0.15, 0.2) is 110 Å². The molecular formula is C33H21B2N3O3. The van der Waals surface area contributed by atoms with Crippen LogP contribution in [0.4, 0.5) is 0 Å². The van der Waals surface area contributed by atoms with Gasteiger partial charge in [0.15, 0.2) is 5.82 Å². The number of hydrogen-bond donors (Lipinski definition) is 3. The van der Waals surface area contributed by atoms with Gasteiger partial charge in [0.2, 0.25) is 0 Å². The van der Waals surface area contributed by atoms with E-state index in [4.69, 9.17) is 20.7 Å². The highest BCUT2D eigenvalue weighted by Crippen LogP contribution is 2.39. The van der Waals surface area contributed by atoms with Crippen molar-refractivity contribution in [2.24, 2.45) is 0 Å². The minimum atomic E-state index is -0.608. The first-order valence-corrected chi connectivity index (χ1v) is 12.8. The molecular weight excluding hydrogens is 508 g/mol. The topological polar surface area (TPSA) is 99.4 Å². The maximum absolute atomic E-state index is 10.8. The largest absolute Gasteiger partial charge is 0.509 e. The van der Waals surface area contributed by atoms with Gasteiger partial charge in [0.1, 0.15) is 38.5 Å². The van der Waals surface area contributed by atoms with Crippen LogP contribution in [0.1, 0.15) is 0 Å². The second kappa shape index (κ2) is 10.7. The SMILES string of the molecule is [B]c1c(O)c([B])c(O)c(-c2ncc(-c3cccc(-c4cccnc4)c3)c(-c3cccc(-c4ccccc4)c3)n2)c1O. The van der Waals surface area contributed by atoms with Crippen LogP contribution in [-0.4, -0.2) is 46.0 Å². The number of pyridine rings is 1. The Kier molecular flexibility index (Phi) is 6.73. The van der Waals surface area contributed by atoms with E-state index in [1.165, 1.54) is 0 Å². The first-order chi connectivity index (χ1) is 19.9. The summed E-state index contributed by atoms with van der Waals surface area (Å²) in [6.07, 6.45) is 5.16. The van der Waals surface area contributed by atoms with Gasteiger partial charge in [-0.1, -0.05) is 72.8 Å². The Balaban J connectivity index is 1.58. The van der Waals surface area contributed by atoms with Crippen molar-refractivity contribution in [2.75, 3.05) is 0 Å². The van der Waals surface area contributed by atoms with Gasteiger partial charge < -0.3 is 15.3 Å². The lowest BCUT2D eigenvalue weighted by Crippen LogP contribution is -2.17. The Bertz CT molecular complexity index is 1870. The van der Waals surface area contributed by atoms with E-state index in [9.17, 15) is 15.3 Å². The van der Waals surface area contributed by atoms with E-state index in [0.717, 1.165) is 38.9 Å². The molecule has 0 spiro atoms. The van der Waals surface area contributed by atoms with Crippen molar-refractivity contribution in [3.63, 3.8) is 0 Å². The normalized spacial score (nSPS) is 10.9. The fourth-order valence-electron chi connectivity index (χ4n) is 4.77. The summed E-state index contributed by atoms with van der Waals surface area (Å²) in [4.78, 5) is 13.6. The molecule has 2 aromatic heterocycles. The number of hydrogen-bond acceptors (Lipinski definition) is 6. The zero-order valence-electron chi connectivity index (χ0n) is 21.7. The van der Waals surface area contributed by atoms with E-state index < -0.39 is 17.2 Å². The average Bonchev–Trinajstić information content (AvgIpc) is 3.04. The van der Waals surface area contributed by atoms with Crippen LogP contribution in [-0.2, 0) is 0 Å². The van der Waals surface area contributed by atoms with Crippen molar-refractivity contribution < 1.29 is 15.3 Å². The van der Waals surface area contributed by atoms with Gasteiger partial charge in [-0.25, -0.2) is 9.97 Å². The van der Waals surface area contributed by atoms with Gasteiger partial charge in [0, 0.05) is 35.3 Å². The third-order valence-electron chi connectivity index (χ3n) is 6.92. The minimum absolute atomic E-state index is 0.00863. The highest BCUT2D eigenvalue weighted by atomic mass is 16.3. The number of benzene rings is 4. The molecule has 0 aliphatic rings. The third kappa shape index (κ3) is 4.80. The minimum Gasteiger partial charge on any atom is -0.509 e. The van der Waals surface area contributed by atoms with Crippen molar-refractivity contribution in [3.8, 4) is 73.3 Å². The van der Waals surface area contributed by atoms with Crippen molar-refractivity contribution in [2.45, 2.75) is 0 Å². The summed E-state index contributed by atoms with van der Waals surface area (Å²) in [6.45, 7) is 0. The highest BCUT2D eigenvalue weighted by Gasteiger charge is 2.23. The molecule has 0 atom stereocenters. The Labute approximate surface area is 239 Å². The maximum atomic E-state index is 10.8. The summed E-state index contributed by atoms with van der Waals surface area (Å²) >= 11 is 0. The molecule has 2 heterocycles. The summed E-state index contributed by atoms with van der Waals surface area (Å²) < 4.78 is 0. The Morgan fingerprint density at radius 3 is 1.80 bits per heavy atom. The Morgan fingerprint density at radius 1 is 0.537 bits per heavy atom. The van der Waals surface area contributed by atoms with Crippen LogP contribution in [0.5, 0.6) is 17.2 Å². The number of rotatable bonds is 5. The van der Waals surface area contributed by atoms with Gasteiger partial charge in [-0.05, 0) is 51.4 Å². The quantitative estimate of drug-likeness (QED) is 0.275. The molecule has 0 fully saturated rings. The standard InChI is InChI=1S/C33H21B2N3O3/c34-27-30(39)26(31(40)28(35)32(27)41)33-37-18-25(22-11-4-10-21(15-22)24-13-6-14-36-17-24)29(38-33)23-12-5-9-20(16-23)19-7-2-1-3-8-19/h1-18,39-41H. The van der Waals surface area contributed by atoms with Gasteiger partial charge in [-0.3, -0.25) is 4.98 Å². The Morgan fingerprint density at radius 2 is 1.12 bits per heavy atom. The van der Waals surface area contributed by atoms with E-state index in [1.807, 2.05) is 91.0 Å². The first-order valence-electron chi connectivity index (χ1n) is 12.8. The van der Waals surface area contributed by atoms with Crippen LogP contribution < -0.4 is 10.9 Å². The fraction of sp³-hybridized carbons (Fsp3) is 0. The molecule has 0 saturated carbocycles. The molecule has 6 rings (SSSR count). The maximum Gasteiger partial charge on any atom is 0.167 e. The number of phenolic OH excluding ortho intramolecular Hbond substituents is 3. The molecule has 4 radical (unpaired) electrons. The Hall–Kier alpha value is -5.36. The predicted octanol–water partition coefficient (Wildman–Crippen LogP) is 4.91. The monoisotopic (exact) mass is 529 g/mol. The van der Waals surface area contributed by atoms with E-state index in [-0.39, 0.29) is 22.3 Å². The van der Waals surface area contributed by atoms with Gasteiger partial charge in [0.05, 0.1) is 5.69 Å². The third-order valence-corrected chi connectivity index (χ3v) is 6.92. The lowest BCUT2D eigenvalue weighted by atomic mass is 9.81. The van der Waals surface area contributed by atoms with Crippen molar-refractivity contribution in [1.29, 1.82) is 0 Å². The molecule has 8 heteroatoms. The van der Waals surface area contributed by atoms with Crippen LogP contribution in [0, 0.1) is 0 Å². The summed E-state index contributed by atoms with van der Waals surface area (Å²) in [7, 11) is 11.7. The smallest absolute Gasteiger partial charge is 0.167 e. The number of aromatic nitrogens is 3. The summed E-state index contributed by atoms with van der Waals surface area (Å²) in [5.74, 6) is -1.75. The van der Waals surface area contributed by atoms with Crippen LogP contribution in [0.3, 0.4) is 0 Å². The fourth-order valence-corrected chi connectivity index (χ4v) is 4.77. The molecule has 6 nitrogen and oxygen atoms in total. The summed E-state index contributed by atoms with van der Waals surface area (Å²) in [5, 5.41) is 31.6. The van der Waals surface area contributed by atoms with Gasteiger partial charge in [0.25, 0.3) is 0 Å². The zero-order chi connectivity index (χ0) is 28.5. The van der Waals surface area contributed by atoms with Crippen molar-refractivity contribution in [3.05, 3.63) is 110 Å². The molecule has 0 aliphatic carbocycles. The van der Waals surface area contributed by atoms with E-state index in [2.05, 4.69) is 9.97 Å². The molecule has 6 aromatic rings. The summed E-state index contributed by atoms with van der Waals surface area (Å²) in [6, 6.07) is 29.7. The molecule has 3 N–H and O–H groups in total. The van der Waals surface area contributed by atoms with Crippen LogP contribution in [0.25, 0.3) is 56.0 Å². The number of nitrogens with zero attached hydrogens (tertiary/aromatic N) is 3. The second-order valence-electron chi connectivity index (χ2n) is 9.47. The number of aromatic hydroxyl groups is 3. The molecule has 4 aromatic carbocycles. The molecule has 0 bridgehead atoms. The van der Waals surface area contributed by atoms with Crippen molar-refractivity contribution in [1.82, 2.24) is 15.0 Å². The molecule has 192 valence electrons. The van der Waals surface area contributed by atoms with E-state index >= 15 is 0 Å². The average molecular weight is 529 g/mol. The van der Waals surface area contributed by atoms with Gasteiger partial charge in [-0.2, -0.15) is 0 Å². The summed E-state index contributed by atoms with van der Waals surface area (Å²) in [5.41, 5.74) is 5.96. The highest BCUT2D eigenvalue weighted by molar-refractivity contribution is 6.44. The molecule has 0 saturated heterocycles. The van der Waals surface area contributed by atoms with Crippen LogP contribution >= 0.6 is 0 Å². The molecule has 0 amide bonds. The van der Waals surface area contributed by atoms with Gasteiger partial charge in [-0.15, -0.1) is 0 Å². The lowest BCUT2D eigenvalue weighted by Gasteiger charge is -2.17. The van der Waals surface area contributed by atoms with Crippen LogP contribution in [0.2, 0.25) is 0 Å². The van der Waals surface area contributed by atoms with E-state index in [0.29, 0.717) is 5.69 Å². The van der Waals surface area contributed by atoms with E-state index in [1.54, 1.807) is 18.6 Å². The molecule has 0 aliphatic heterocycles. The molecule has 41 heavy (non-hydrogen) atoms. The van der Waals surface area contributed by atoms with Gasteiger partial charge >= 0.3 is 0 Å².